The van der Waals surface area contributed by atoms with Crippen molar-refractivity contribution < 1.29 is 4.74 Å². The van der Waals surface area contributed by atoms with Crippen molar-refractivity contribution in [3.63, 3.8) is 0 Å². The Morgan fingerprint density at radius 3 is 2.54 bits per heavy atom. The number of likely N-dealkylation sites (N-methyl/N-ethyl adjacent to an activating group) is 1. The molecule has 1 fully saturated rings. The van der Waals surface area contributed by atoms with Crippen molar-refractivity contribution in [2.24, 2.45) is 18.0 Å². The molecular formula is C20H39N7O. The van der Waals surface area contributed by atoms with Crippen molar-refractivity contribution in [3.05, 3.63) is 18.0 Å². The molecule has 0 saturated carbocycles. The first-order chi connectivity index (χ1) is 13.4. The standard InChI is InChI=1S/C20H39N7O/c1-7-21-20(22-13-18(16(2)3)27-8-10-28-11-9-27)23-14-19(25(4)5)17-12-24-26(6)15-17/h12,15-16,18-19H,7-11,13-14H2,1-6H3,(H2,21,22,23). The molecule has 1 aliphatic heterocycles. The summed E-state index contributed by atoms with van der Waals surface area (Å²) in [5, 5.41) is 11.2. The minimum absolute atomic E-state index is 0.234. The van der Waals surface area contributed by atoms with E-state index in [1.54, 1.807) is 0 Å². The summed E-state index contributed by atoms with van der Waals surface area (Å²) in [6.45, 7) is 12.7. The molecule has 2 N–H and O–H groups in total. The van der Waals surface area contributed by atoms with Gasteiger partial charge in [0, 0.05) is 51.0 Å². The molecular weight excluding hydrogens is 354 g/mol. The summed E-state index contributed by atoms with van der Waals surface area (Å²) >= 11 is 0. The maximum Gasteiger partial charge on any atom is 0.191 e. The number of rotatable bonds is 9. The van der Waals surface area contributed by atoms with E-state index in [2.05, 4.69) is 66.6 Å². The summed E-state index contributed by atoms with van der Waals surface area (Å²) in [6.07, 6.45) is 4.01. The largest absolute Gasteiger partial charge is 0.379 e. The molecule has 0 aliphatic carbocycles. The molecule has 2 atom stereocenters. The average molecular weight is 394 g/mol. The number of morpholine rings is 1. The van der Waals surface area contributed by atoms with Gasteiger partial charge < -0.3 is 20.3 Å². The molecule has 0 amide bonds. The van der Waals surface area contributed by atoms with Gasteiger partial charge in [0.05, 0.1) is 32.0 Å². The highest BCUT2D eigenvalue weighted by Crippen LogP contribution is 2.16. The summed E-state index contributed by atoms with van der Waals surface area (Å²) in [4.78, 5) is 9.63. The SMILES string of the molecule is CCNC(=NCC(C(C)C)N1CCOCC1)NCC(c1cnn(C)c1)N(C)C. The smallest absolute Gasteiger partial charge is 0.191 e. The Kier molecular flexibility index (Phi) is 9.21. The maximum absolute atomic E-state index is 5.51. The van der Waals surface area contributed by atoms with E-state index in [0.717, 1.165) is 51.9 Å². The third-order valence-corrected chi connectivity index (χ3v) is 5.26. The predicted molar refractivity (Wildman–Crippen MR) is 115 cm³/mol. The normalized spacial score (nSPS) is 18.5. The van der Waals surface area contributed by atoms with Crippen LogP contribution in [-0.2, 0) is 11.8 Å². The van der Waals surface area contributed by atoms with Gasteiger partial charge in [0.1, 0.15) is 0 Å². The van der Waals surface area contributed by atoms with Crippen LogP contribution in [-0.4, -0.2) is 91.6 Å². The zero-order chi connectivity index (χ0) is 20.5. The molecule has 2 heterocycles. The molecule has 1 aliphatic rings. The van der Waals surface area contributed by atoms with Gasteiger partial charge in [0.2, 0.25) is 0 Å². The molecule has 2 rings (SSSR count). The van der Waals surface area contributed by atoms with E-state index < -0.39 is 0 Å². The van der Waals surface area contributed by atoms with Crippen molar-refractivity contribution in [3.8, 4) is 0 Å². The zero-order valence-electron chi connectivity index (χ0n) is 18.5. The lowest BCUT2D eigenvalue weighted by molar-refractivity contribution is 0.00867. The van der Waals surface area contributed by atoms with Crippen LogP contribution < -0.4 is 10.6 Å². The van der Waals surface area contributed by atoms with Gasteiger partial charge in [-0.2, -0.15) is 5.10 Å². The monoisotopic (exact) mass is 393 g/mol. The van der Waals surface area contributed by atoms with Gasteiger partial charge in [0.15, 0.2) is 5.96 Å². The number of aryl methyl sites for hydroxylation is 1. The van der Waals surface area contributed by atoms with E-state index in [1.165, 1.54) is 5.56 Å². The number of hydrogen-bond acceptors (Lipinski definition) is 5. The number of nitrogens with one attached hydrogen (secondary N) is 2. The Morgan fingerprint density at radius 2 is 2.00 bits per heavy atom. The highest BCUT2D eigenvalue weighted by atomic mass is 16.5. The summed E-state index contributed by atoms with van der Waals surface area (Å²) in [5.74, 6) is 1.42. The first-order valence-corrected chi connectivity index (χ1v) is 10.4. The number of aromatic nitrogens is 2. The van der Waals surface area contributed by atoms with Crippen LogP contribution >= 0.6 is 0 Å². The summed E-state index contributed by atoms with van der Waals surface area (Å²) in [7, 11) is 6.14. The highest BCUT2D eigenvalue weighted by molar-refractivity contribution is 5.79. The fourth-order valence-electron chi connectivity index (χ4n) is 3.59. The van der Waals surface area contributed by atoms with Gasteiger partial charge in [-0.05, 0) is 26.9 Å². The van der Waals surface area contributed by atoms with Gasteiger partial charge in [-0.25, -0.2) is 0 Å². The van der Waals surface area contributed by atoms with Gasteiger partial charge in [-0.3, -0.25) is 14.6 Å². The van der Waals surface area contributed by atoms with Crippen LogP contribution in [0.4, 0.5) is 0 Å². The van der Waals surface area contributed by atoms with Crippen LogP contribution in [0.1, 0.15) is 32.4 Å². The zero-order valence-corrected chi connectivity index (χ0v) is 18.5. The lowest BCUT2D eigenvalue weighted by atomic mass is 10.0. The molecule has 0 spiro atoms. The van der Waals surface area contributed by atoms with Gasteiger partial charge in [0.25, 0.3) is 0 Å². The second kappa shape index (κ2) is 11.4. The maximum atomic E-state index is 5.51. The van der Waals surface area contributed by atoms with Gasteiger partial charge >= 0.3 is 0 Å². The van der Waals surface area contributed by atoms with Gasteiger partial charge in [-0.1, -0.05) is 13.8 Å². The minimum Gasteiger partial charge on any atom is -0.379 e. The number of nitrogens with zero attached hydrogens (tertiary/aromatic N) is 5. The Bertz CT molecular complexity index is 593. The quantitative estimate of drug-likeness (QED) is 0.481. The lowest BCUT2D eigenvalue weighted by Crippen LogP contribution is -2.48. The van der Waals surface area contributed by atoms with Crippen LogP contribution in [0.25, 0.3) is 0 Å². The Morgan fingerprint density at radius 1 is 1.29 bits per heavy atom. The predicted octanol–water partition coefficient (Wildman–Crippen LogP) is 0.935. The van der Waals surface area contributed by atoms with E-state index in [-0.39, 0.29) is 6.04 Å². The molecule has 1 aromatic rings. The number of guanidine groups is 1. The third kappa shape index (κ3) is 6.76. The van der Waals surface area contributed by atoms with Crippen molar-refractivity contribution in [2.75, 3.05) is 60.0 Å². The molecule has 1 saturated heterocycles. The first kappa shape index (κ1) is 22.6. The van der Waals surface area contributed by atoms with E-state index >= 15 is 0 Å². The molecule has 160 valence electrons. The van der Waals surface area contributed by atoms with E-state index in [4.69, 9.17) is 9.73 Å². The molecule has 8 nitrogen and oxygen atoms in total. The second-order valence-corrected chi connectivity index (χ2v) is 7.99. The van der Waals surface area contributed by atoms with Crippen LogP contribution in [0.3, 0.4) is 0 Å². The summed E-state index contributed by atoms with van der Waals surface area (Å²) < 4.78 is 7.36. The number of hydrogen-bond donors (Lipinski definition) is 2. The summed E-state index contributed by atoms with van der Waals surface area (Å²) in [6, 6.07) is 0.667. The molecule has 8 heteroatoms. The first-order valence-electron chi connectivity index (χ1n) is 10.4. The fourth-order valence-corrected chi connectivity index (χ4v) is 3.59. The molecule has 2 unspecified atom stereocenters. The fraction of sp³-hybridized carbons (Fsp3) is 0.800. The van der Waals surface area contributed by atoms with Gasteiger partial charge in [-0.15, -0.1) is 0 Å². The van der Waals surface area contributed by atoms with Crippen molar-refractivity contribution in [2.45, 2.75) is 32.9 Å². The number of ether oxygens (including phenoxy) is 1. The Balaban J connectivity index is 2.01. The van der Waals surface area contributed by atoms with Crippen LogP contribution in [0.15, 0.2) is 17.4 Å². The topological polar surface area (TPSA) is 70.0 Å². The highest BCUT2D eigenvalue weighted by Gasteiger charge is 2.24. The average Bonchev–Trinajstić information content (AvgIpc) is 3.08. The minimum atomic E-state index is 0.234. The van der Waals surface area contributed by atoms with Crippen molar-refractivity contribution >= 4 is 5.96 Å². The van der Waals surface area contributed by atoms with E-state index in [0.29, 0.717) is 12.0 Å². The Labute approximate surface area is 170 Å². The second-order valence-electron chi connectivity index (χ2n) is 7.99. The van der Waals surface area contributed by atoms with Crippen molar-refractivity contribution in [1.82, 2.24) is 30.2 Å². The molecule has 0 bridgehead atoms. The number of aliphatic imine (C=N–C) groups is 1. The Hall–Kier alpha value is -1.64. The molecule has 28 heavy (non-hydrogen) atoms. The van der Waals surface area contributed by atoms with Crippen LogP contribution in [0, 0.1) is 5.92 Å². The third-order valence-electron chi connectivity index (χ3n) is 5.26. The molecule has 0 aromatic carbocycles. The lowest BCUT2D eigenvalue weighted by Gasteiger charge is -2.36. The van der Waals surface area contributed by atoms with Crippen LogP contribution in [0.5, 0.6) is 0 Å². The van der Waals surface area contributed by atoms with Crippen LogP contribution in [0.2, 0.25) is 0 Å². The van der Waals surface area contributed by atoms with E-state index in [1.807, 2.05) is 17.9 Å². The summed E-state index contributed by atoms with van der Waals surface area (Å²) in [5.41, 5.74) is 1.20. The van der Waals surface area contributed by atoms with E-state index in [9.17, 15) is 0 Å². The molecule has 0 radical (unpaired) electrons. The van der Waals surface area contributed by atoms with Crippen molar-refractivity contribution in [1.29, 1.82) is 0 Å². The molecule has 1 aromatic heterocycles.